The van der Waals surface area contributed by atoms with Crippen LogP contribution in [0.15, 0.2) is 188 Å². The minimum atomic E-state index is 0.637. The Hall–Kier alpha value is -7.41. The fourth-order valence-corrected chi connectivity index (χ4v) is 9.69. The average Bonchev–Trinajstić information content (AvgIpc) is 3.94. The zero-order chi connectivity index (χ0) is 37.5. The minimum Gasteiger partial charge on any atom is -0.309 e. The summed E-state index contributed by atoms with van der Waals surface area (Å²) < 4.78 is 7.49. The van der Waals surface area contributed by atoms with Crippen molar-refractivity contribution in [1.82, 2.24) is 24.1 Å². The maximum atomic E-state index is 4.99. The van der Waals surface area contributed by atoms with Gasteiger partial charge in [-0.25, -0.2) is 15.0 Å². The van der Waals surface area contributed by atoms with Crippen molar-refractivity contribution in [2.24, 2.45) is 0 Å². The number of para-hydroxylation sites is 2. The van der Waals surface area contributed by atoms with Crippen LogP contribution in [0, 0.1) is 0 Å². The van der Waals surface area contributed by atoms with Crippen LogP contribution in [-0.2, 0) is 0 Å². The van der Waals surface area contributed by atoms with E-state index in [2.05, 4.69) is 137 Å². The summed E-state index contributed by atoms with van der Waals surface area (Å²) in [7, 11) is 0. The summed E-state index contributed by atoms with van der Waals surface area (Å²) in [5, 5.41) is 7.52. The van der Waals surface area contributed by atoms with Crippen LogP contribution in [0.5, 0.6) is 0 Å². The first-order chi connectivity index (χ1) is 28.3. The molecule has 0 N–H and O–H groups in total. The number of hydrogen-bond donors (Lipinski definition) is 0. The van der Waals surface area contributed by atoms with E-state index in [1.165, 1.54) is 52.8 Å². The van der Waals surface area contributed by atoms with Gasteiger partial charge in [-0.3, -0.25) is 0 Å². The van der Waals surface area contributed by atoms with E-state index in [-0.39, 0.29) is 0 Å². The Balaban J connectivity index is 1.06. The third kappa shape index (κ3) is 4.98. The van der Waals surface area contributed by atoms with Crippen LogP contribution in [0.2, 0.25) is 0 Å². The number of thiophene rings is 1. The number of hydrogen-bond acceptors (Lipinski definition) is 4. The van der Waals surface area contributed by atoms with Gasteiger partial charge in [0.15, 0.2) is 17.5 Å². The monoisotopic (exact) mass is 745 g/mol. The first-order valence-electron chi connectivity index (χ1n) is 19.1. The summed E-state index contributed by atoms with van der Waals surface area (Å²) in [6, 6.07) is 66.7. The molecule has 0 atom stereocenters. The van der Waals surface area contributed by atoms with Crippen LogP contribution in [0.3, 0.4) is 0 Å². The normalized spacial score (nSPS) is 11.9. The molecule has 0 bridgehead atoms. The molecule has 0 radical (unpaired) electrons. The summed E-state index contributed by atoms with van der Waals surface area (Å²) in [5.41, 5.74) is 9.78. The molecule has 0 unspecified atom stereocenters. The van der Waals surface area contributed by atoms with Crippen molar-refractivity contribution in [1.29, 1.82) is 0 Å². The third-order valence-electron chi connectivity index (χ3n) is 11.2. The van der Waals surface area contributed by atoms with E-state index in [1.807, 2.05) is 72.0 Å². The van der Waals surface area contributed by atoms with Crippen molar-refractivity contribution in [2.75, 3.05) is 0 Å². The highest BCUT2D eigenvalue weighted by atomic mass is 32.1. The van der Waals surface area contributed by atoms with E-state index in [0.717, 1.165) is 39.1 Å². The Bertz CT molecular complexity index is 3450. The lowest BCUT2D eigenvalue weighted by Gasteiger charge is -2.11. The van der Waals surface area contributed by atoms with Crippen molar-refractivity contribution in [3.05, 3.63) is 188 Å². The molecule has 0 aliphatic carbocycles. The smallest absolute Gasteiger partial charge is 0.164 e. The van der Waals surface area contributed by atoms with Crippen LogP contribution >= 0.6 is 11.3 Å². The minimum absolute atomic E-state index is 0.637. The topological polar surface area (TPSA) is 48.5 Å². The second-order valence-electron chi connectivity index (χ2n) is 14.4. The van der Waals surface area contributed by atoms with Gasteiger partial charge in [-0.05, 0) is 66.7 Å². The standard InChI is InChI=1S/C51H31N5S/c1-3-13-32(14-4-1)49-52-50(33-15-5-2-6-16-33)54-51(53-49)34-23-25-35(26-24-34)55-43-21-11-8-19-40(43)47-44(55)29-28-39-37-17-7-10-20-42(37)56(48(39)47)36-27-30-46-41(31-36)38-18-9-12-22-45(38)57-46/h1-31H. The molecule has 0 saturated carbocycles. The third-order valence-corrected chi connectivity index (χ3v) is 12.3. The van der Waals surface area contributed by atoms with E-state index in [9.17, 15) is 0 Å². The van der Waals surface area contributed by atoms with E-state index in [1.54, 1.807) is 0 Å². The van der Waals surface area contributed by atoms with Crippen LogP contribution in [-0.4, -0.2) is 24.1 Å². The van der Waals surface area contributed by atoms with Crippen molar-refractivity contribution in [3.8, 4) is 45.5 Å². The molecule has 0 fully saturated rings. The van der Waals surface area contributed by atoms with Gasteiger partial charge >= 0.3 is 0 Å². The molecule has 5 nitrogen and oxygen atoms in total. The first kappa shape index (κ1) is 31.9. The summed E-state index contributed by atoms with van der Waals surface area (Å²) in [6.45, 7) is 0. The number of rotatable bonds is 5. The van der Waals surface area contributed by atoms with Gasteiger partial charge in [0.05, 0.1) is 22.1 Å². The van der Waals surface area contributed by atoms with Gasteiger partial charge in [0.2, 0.25) is 0 Å². The molecule has 12 aromatic rings. The molecule has 4 heterocycles. The van der Waals surface area contributed by atoms with Gasteiger partial charge in [-0.2, -0.15) is 0 Å². The lowest BCUT2D eigenvalue weighted by molar-refractivity contribution is 1.07. The zero-order valence-corrected chi connectivity index (χ0v) is 31.4. The van der Waals surface area contributed by atoms with Crippen molar-refractivity contribution in [2.45, 2.75) is 0 Å². The molecular weight excluding hydrogens is 715 g/mol. The average molecular weight is 746 g/mol. The first-order valence-corrected chi connectivity index (χ1v) is 19.9. The molecule has 12 rings (SSSR count). The van der Waals surface area contributed by atoms with Gasteiger partial charge in [0, 0.05) is 69.8 Å². The van der Waals surface area contributed by atoms with Crippen LogP contribution in [0.4, 0.5) is 0 Å². The molecule has 0 amide bonds. The number of nitrogens with zero attached hydrogens (tertiary/aromatic N) is 5. The lowest BCUT2D eigenvalue weighted by atomic mass is 10.1. The summed E-state index contributed by atoms with van der Waals surface area (Å²) in [6.07, 6.45) is 0. The van der Waals surface area contributed by atoms with Gasteiger partial charge in [0.25, 0.3) is 0 Å². The summed E-state index contributed by atoms with van der Waals surface area (Å²) in [4.78, 5) is 14.9. The predicted molar refractivity (Wildman–Crippen MR) is 238 cm³/mol. The highest BCUT2D eigenvalue weighted by molar-refractivity contribution is 7.25. The van der Waals surface area contributed by atoms with Crippen molar-refractivity contribution < 1.29 is 0 Å². The van der Waals surface area contributed by atoms with E-state index < -0.39 is 0 Å². The SMILES string of the molecule is c1ccc(-c2nc(-c3ccccc3)nc(-c3ccc(-n4c5ccccc5c5c4ccc4c6ccccc6n(-c6ccc7sc8ccccc8c7c6)c45)cc3)n2)cc1. The van der Waals surface area contributed by atoms with Crippen LogP contribution in [0.1, 0.15) is 0 Å². The van der Waals surface area contributed by atoms with E-state index >= 15 is 0 Å². The zero-order valence-electron chi connectivity index (χ0n) is 30.5. The second-order valence-corrected chi connectivity index (χ2v) is 15.5. The molecule has 0 saturated heterocycles. The lowest BCUT2D eigenvalue weighted by Crippen LogP contribution is -2.00. The molecule has 4 aromatic heterocycles. The Morgan fingerprint density at radius 3 is 1.54 bits per heavy atom. The van der Waals surface area contributed by atoms with Gasteiger partial charge < -0.3 is 9.13 Å². The highest BCUT2D eigenvalue weighted by Gasteiger charge is 2.21. The van der Waals surface area contributed by atoms with Gasteiger partial charge in [-0.1, -0.05) is 121 Å². The molecule has 0 aliphatic rings. The predicted octanol–water partition coefficient (Wildman–Crippen LogP) is 13.4. The fraction of sp³-hybridized carbons (Fsp3) is 0. The Morgan fingerprint density at radius 1 is 0.333 bits per heavy atom. The quantitative estimate of drug-likeness (QED) is 0.176. The Morgan fingerprint density at radius 2 is 0.860 bits per heavy atom. The molecule has 0 spiro atoms. The Kier molecular flexibility index (Phi) is 7.03. The Labute approximate surface area is 331 Å². The molecular formula is C51H31N5S. The maximum absolute atomic E-state index is 4.99. The van der Waals surface area contributed by atoms with E-state index in [4.69, 9.17) is 15.0 Å². The molecule has 8 aromatic carbocycles. The van der Waals surface area contributed by atoms with Crippen LogP contribution in [0.25, 0.3) is 109 Å². The largest absolute Gasteiger partial charge is 0.309 e. The number of benzene rings is 8. The molecule has 6 heteroatoms. The summed E-state index contributed by atoms with van der Waals surface area (Å²) in [5.74, 6) is 1.94. The molecule has 0 aliphatic heterocycles. The van der Waals surface area contributed by atoms with Gasteiger partial charge in [0.1, 0.15) is 0 Å². The number of fused-ring (bicyclic) bond motifs is 10. The maximum Gasteiger partial charge on any atom is 0.164 e. The number of aromatic nitrogens is 5. The summed E-state index contributed by atoms with van der Waals surface area (Å²) >= 11 is 1.86. The highest BCUT2D eigenvalue weighted by Crippen LogP contribution is 2.43. The van der Waals surface area contributed by atoms with Crippen molar-refractivity contribution >= 4 is 75.1 Å². The van der Waals surface area contributed by atoms with E-state index in [0.29, 0.717) is 17.5 Å². The fourth-order valence-electron chi connectivity index (χ4n) is 8.61. The van der Waals surface area contributed by atoms with Crippen molar-refractivity contribution in [3.63, 3.8) is 0 Å². The van der Waals surface area contributed by atoms with Gasteiger partial charge in [-0.15, -0.1) is 11.3 Å². The molecule has 57 heavy (non-hydrogen) atoms. The van der Waals surface area contributed by atoms with Crippen LogP contribution < -0.4 is 0 Å². The second kappa shape index (κ2) is 12.6. The molecule has 266 valence electrons.